The average Bonchev–Trinajstić information content (AvgIpc) is 2.89. The molecule has 1 atom stereocenters. The number of rotatable bonds is 3. The third-order valence-corrected chi connectivity index (χ3v) is 3.17. The largest absolute Gasteiger partial charge is 0.485 e. The average molecular weight is 322 g/mol. The minimum atomic E-state index is -0.606. The van der Waals surface area contributed by atoms with Gasteiger partial charge in [-0.2, -0.15) is 0 Å². The fourth-order valence-electron chi connectivity index (χ4n) is 2.20. The molecular formula is C15H19FN4O3. The van der Waals surface area contributed by atoms with E-state index >= 15 is 0 Å². The number of amides is 1. The number of hydrogen-bond donors (Lipinski definition) is 0. The van der Waals surface area contributed by atoms with E-state index in [4.69, 9.17) is 15.0 Å². The Balaban J connectivity index is 1.95. The summed E-state index contributed by atoms with van der Waals surface area (Å²) in [5, 5.41) is 3.33. The predicted octanol–water partition coefficient (Wildman–Crippen LogP) is 4.16. The van der Waals surface area contributed by atoms with Gasteiger partial charge < -0.3 is 14.4 Å². The van der Waals surface area contributed by atoms with Gasteiger partial charge in [-0.1, -0.05) is 5.11 Å². The van der Waals surface area contributed by atoms with Crippen LogP contribution in [0.1, 0.15) is 27.2 Å². The molecule has 0 radical (unpaired) electrons. The van der Waals surface area contributed by atoms with Crippen molar-refractivity contribution in [3.8, 4) is 5.75 Å². The highest BCUT2D eigenvalue weighted by atomic mass is 19.1. The van der Waals surface area contributed by atoms with Crippen molar-refractivity contribution in [3.05, 3.63) is 34.5 Å². The second-order valence-electron chi connectivity index (χ2n) is 6.26. The van der Waals surface area contributed by atoms with Crippen LogP contribution in [0.3, 0.4) is 0 Å². The summed E-state index contributed by atoms with van der Waals surface area (Å²) in [6, 6.07) is 3.99. The van der Waals surface area contributed by atoms with Gasteiger partial charge in [0.2, 0.25) is 0 Å². The Kier molecular flexibility index (Phi) is 4.95. The molecule has 0 N–H and O–H groups in total. The maximum atomic E-state index is 13.9. The van der Waals surface area contributed by atoms with E-state index in [1.165, 1.54) is 12.1 Å². The second-order valence-corrected chi connectivity index (χ2v) is 6.26. The third kappa shape index (κ3) is 4.75. The van der Waals surface area contributed by atoms with Gasteiger partial charge in [0.15, 0.2) is 11.6 Å². The number of carbonyl (C=O) groups is 1. The Morgan fingerprint density at radius 2 is 2.22 bits per heavy atom. The lowest BCUT2D eigenvalue weighted by atomic mass is 10.2. The first-order chi connectivity index (χ1) is 10.8. The third-order valence-electron chi connectivity index (χ3n) is 3.17. The van der Waals surface area contributed by atoms with Crippen molar-refractivity contribution < 1.29 is 18.7 Å². The maximum absolute atomic E-state index is 13.9. The van der Waals surface area contributed by atoms with Crippen LogP contribution in [0, 0.1) is 5.82 Å². The van der Waals surface area contributed by atoms with E-state index in [1.807, 2.05) is 0 Å². The van der Waals surface area contributed by atoms with Crippen molar-refractivity contribution in [2.75, 3.05) is 13.1 Å². The van der Waals surface area contributed by atoms with Gasteiger partial charge in [0.1, 0.15) is 11.7 Å². The molecular weight excluding hydrogens is 303 g/mol. The van der Waals surface area contributed by atoms with E-state index in [0.717, 1.165) is 6.07 Å². The zero-order valence-electron chi connectivity index (χ0n) is 13.3. The van der Waals surface area contributed by atoms with Gasteiger partial charge in [0, 0.05) is 23.6 Å². The Morgan fingerprint density at radius 3 is 2.83 bits per heavy atom. The molecule has 0 aliphatic carbocycles. The summed E-state index contributed by atoms with van der Waals surface area (Å²) in [5.74, 6) is -0.538. The molecule has 1 amide bonds. The molecule has 1 aliphatic rings. The number of ether oxygens (including phenoxy) is 2. The second kappa shape index (κ2) is 6.75. The highest BCUT2D eigenvalue weighted by Crippen LogP contribution is 2.26. The van der Waals surface area contributed by atoms with Crippen LogP contribution in [-0.2, 0) is 4.74 Å². The molecule has 8 heteroatoms. The Labute approximate surface area is 133 Å². The molecule has 1 unspecified atom stereocenters. The monoisotopic (exact) mass is 322 g/mol. The first kappa shape index (κ1) is 16.9. The van der Waals surface area contributed by atoms with Crippen LogP contribution >= 0.6 is 0 Å². The number of azide groups is 1. The van der Waals surface area contributed by atoms with Gasteiger partial charge in [-0.25, -0.2) is 9.18 Å². The van der Waals surface area contributed by atoms with Crippen LogP contribution in [0.4, 0.5) is 14.9 Å². The molecule has 7 nitrogen and oxygen atoms in total. The lowest BCUT2D eigenvalue weighted by molar-refractivity contribution is 0.0275. The Bertz CT molecular complexity index is 638. The number of nitrogens with zero attached hydrogens (tertiary/aromatic N) is 4. The van der Waals surface area contributed by atoms with Crippen LogP contribution in [0.2, 0.25) is 0 Å². The first-order valence-electron chi connectivity index (χ1n) is 7.28. The number of hydrogen-bond acceptors (Lipinski definition) is 4. The molecule has 1 aromatic carbocycles. The van der Waals surface area contributed by atoms with E-state index in [1.54, 1.807) is 25.7 Å². The SMILES string of the molecule is CC(C)(C)OC(=O)N1CCC(Oc2ccc(N=[N+]=[N-])cc2F)C1. The summed E-state index contributed by atoms with van der Waals surface area (Å²) in [5.41, 5.74) is 7.95. The zero-order chi connectivity index (χ0) is 17.0. The molecule has 2 rings (SSSR count). The van der Waals surface area contributed by atoms with E-state index in [-0.39, 0.29) is 17.5 Å². The smallest absolute Gasteiger partial charge is 0.410 e. The molecule has 0 aromatic heterocycles. The van der Waals surface area contributed by atoms with Crippen molar-refractivity contribution in [2.24, 2.45) is 5.11 Å². The fourth-order valence-corrected chi connectivity index (χ4v) is 2.20. The van der Waals surface area contributed by atoms with E-state index in [0.29, 0.717) is 19.5 Å². The van der Waals surface area contributed by atoms with Crippen LogP contribution in [0.25, 0.3) is 10.4 Å². The Morgan fingerprint density at radius 1 is 1.48 bits per heavy atom. The molecule has 23 heavy (non-hydrogen) atoms. The van der Waals surface area contributed by atoms with Crippen molar-refractivity contribution in [1.82, 2.24) is 4.90 Å². The van der Waals surface area contributed by atoms with E-state index in [9.17, 15) is 9.18 Å². The standard InChI is InChI=1S/C15H19FN4O3/c1-15(2,3)23-14(21)20-7-6-11(9-20)22-13-5-4-10(18-19-17)8-12(13)16/h4-5,8,11H,6-7,9H2,1-3H3. The number of carbonyl (C=O) groups excluding carboxylic acids is 1. The lowest BCUT2D eigenvalue weighted by Gasteiger charge is -2.24. The normalized spacial score (nSPS) is 17.6. The lowest BCUT2D eigenvalue weighted by Crippen LogP contribution is -2.36. The van der Waals surface area contributed by atoms with E-state index in [2.05, 4.69) is 10.0 Å². The molecule has 1 heterocycles. The van der Waals surface area contributed by atoms with Crippen molar-refractivity contribution >= 4 is 11.8 Å². The van der Waals surface area contributed by atoms with Gasteiger partial charge in [0.25, 0.3) is 0 Å². The van der Waals surface area contributed by atoms with Crippen molar-refractivity contribution in [1.29, 1.82) is 0 Å². The predicted molar refractivity (Wildman–Crippen MR) is 82.0 cm³/mol. The first-order valence-corrected chi connectivity index (χ1v) is 7.28. The van der Waals surface area contributed by atoms with Gasteiger partial charge in [-0.3, -0.25) is 0 Å². The van der Waals surface area contributed by atoms with Crippen LogP contribution in [0.5, 0.6) is 5.75 Å². The molecule has 0 bridgehead atoms. The van der Waals surface area contributed by atoms with Crippen molar-refractivity contribution in [3.63, 3.8) is 0 Å². The van der Waals surface area contributed by atoms with Crippen molar-refractivity contribution in [2.45, 2.75) is 38.9 Å². The molecule has 1 fully saturated rings. The zero-order valence-corrected chi connectivity index (χ0v) is 13.3. The molecule has 1 aliphatic heterocycles. The number of halogens is 1. The molecule has 1 aromatic rings. The van der Waals surface area contributed by atoms with E-state index < -0.39 is 17.5 Å². The summed E-state index contributed by atoms with van der Waals surface area (Å²) >= 11 is 0. The number of likely N-dealkylation sites (tertiary alicyclic amines) is 1. The Hall–Kier alpha value is -2.47. The van der Waals surface area contributed by atoms with Gasteiger partial charge >= 0.3 is 6.09 Å². The highest BCUT2D eigenvalue weighted by Gasteiger charge is 2.31. The highest BCUT2D eigenvalue weighted by molar-refractivity contribution is 5.68. The van der Waals surface area contributed by atoms with Crippen LogP contribution < -0.4 is 4.74 Å². The molecule has 124 valence electrons. The molecule has 1 saturated heterocycles. The summed E-state index contributed by atoms with van der Waals surface area (Å²) in [6.45, 7) is 6.24. The quantitative estimate of drug-likeness (QED) is 0.475. The minimum Gasteiger partial charge on any atom is -0.485 e. The summed E-state index contributed by atoms with van der Waals surface area (Å²) in [7, 11) is 0. The maximum Gasteiger partial charge on any atom is 0.410 e. The van der Waals surface area contributed by atoms with Crippen LogP contribution in [0.15, 0.2) is 23.3 Å². The topological polar surface area (TPSA) is 87.5 Å². The molecule has 0 saturated carbocycles. The summed E-state index contributed by atoms with van der Waals surface area (Å²) < 4.78 is 24.8. The fraction of sp³-hybridized carbons (Fsp3) is 0.533. The van der Waals surface area contributed by atoms with Crippen LogP contribution in [-0.4, -0.2) is 35.8 Å². The molecule has 0 spiro atoms. The van der Waals surface area contributed by atoms with Gasteiger partial charge in [0.05, 0.1) is 6.54 Å². The number of benzene rings is 1. The minimum absolute atomic E-state index is 0.0675. The van der Waals surface area contributed by atoms with Gasteiger partial charge in [-0.05, 0) is 44.5 Å². The van der Waals surface area contributed by atoms with Gasteiger partial charge in [-0.15, -0.1) is 0 Å². The summed E-state index contributed by atoms with van der Waals surface area (Å²) in [4.78, 5) is 16.1. The summed E-state index contributed by atoms with van der Waals surface area (Å²) in [6.07, 6.45) is -0.110.